The van der Waals surface area contributed by atoms with Crippen LogP contribution in [0.2, 0.25) is 0 Å². The molecule has 1 heterocycles. The van der Waals surface area contributed by atoms with Crippen molar-refractivity contribution in [1.82, 2.24) is 0 Å². The zero-order valence-corrected chi connectivity index (χ0v) is 13.3. The van der Waals surface area contributed by atoms with Gasteiger partial charge in [0.05, 0.1) is 0 Å². The Morgan fingerprint density at radius 2 is 1.73 bits per heavy atom. The smallest absolute Gasteiger partial charge is 0.0128 e. The summed E-state index contributed by atoms with van der Waals surface area (Å²) in [4.78, 5) is 0. The second-order valence-corrected chi connectivity index (χ2v) is 14.7. The van der Waals surface area contributed by atoms with Crippen LogP contribution in [-0.4, -0.2) is 0 Å². The molecule has 15 heavy (non-hydrogen) atoms. The van der Waals surface area contributed by atoms with Crippen LogP contribution in [0.5, 0.6) is 0 Å². The Balaban J connectivity index is 2.04. The molecule has 1 aliphatic rings. The van der Waals surface area contributed by atoms with Gasteiger partial charge in [0.2, 0.25) is 0 Å². The molecule has 0 nitrogen and oxygen atoms in total. The molecule has 0 radical (unpaired) electrons. The summed E-state index contributed by atoms with van der Waals surface area (Å²) in [5, 5.41) is 4.57. The maximum Gasteiger partial charge on any atom is -0.0128 e. The van der Waals surface area contributed by atoms with E-state index in [0.717, 1.165) is 0 Å². The van der Waals surface area contributed by atoms with Crippen molar-refractivity contribution in [2.45, 2.75) is 51.9 Å². The van der Waals surface area contributed by atoms with Gasteiger partial charge in [-0.1, -0.05) is 52.0 Å². The molecule has 1 aliphatic heterocycles. The molecule has 0 N–H and O–H groups in total. The Hall–Kier alpha value is 0.790. The molecule has 0 atom stereocenters. The fourth-order valence-corrected chi connectivity index (χ4v) is 4.83. The van der Waals surface area contributed by atoms with Gasteiger partial charge in [0.15, 0.2) is 0 Å². The van der Waals surface area contributed by atoms with Gasteiger partial charge in [-0.05, 0) is 58.9 Å². The molecule has 0 spiro atoms. The molecule has 88 valence electrons. The van der Waals surface area contributed by atoms with Gasteiger partial charge in [-0.2, -0.15) is 0 Å². The van der Waals surface area contributed by atoms with Crippen LogP contribution < -0.4 is 0 Å². The predicted molar refractivity (Wildman–Crippen MR) is 80.7 cm³/mol. The lowest BCUT2D eigenvalue weighted by Gasteiger charge is -2.11. The molecular formula is C12H20Br2S. The van der Waals surface area contributed by atoms with Gasteiger partial charge in [-0.25, -0.2) is 0 Å². The Labute approximate surface area is 110 Å². The molecule has 3 heteroatoms. The van der Waals surface area contributed by atoms with Crippen LogP contribution in [-0.2, 0) is 0 Å². The minimum absolute atomic E-state index is 0.864. The number of rotatable bonds is 7. The summed E-state index contributed by atoms with van der Waals surface area (Å²) < 4.78 is 0. The number of allylic oxidation sites excluding steroid dienone is 2. The molecule has 0 aromatic carbocycles. The minimum atomic E-state index is -0.864. The van der Waals surface area contributed by atoms with Crippen molar-refractivity contribution >= 4 is 36.5 Å². The number of halogens is 2. The number of hydrogen-bond acceptors (Lipinski definition) is 0. The van der Waals surface area contributed by atoms with E-state index in [2.05, 4.69) is 53.4 Å². The molecule has 0 unspecified atom stereocenters. The van der Waals surface area contributed by atoms with Gasteiger partial charge in [0.1, 0.15) is 0 Å². The molecule has 1 rings (SSSR count). The van der Waals surface area contributed by atoms with Gasteiger partial charge in [0, 0.05) is 0 Å². The van der Waals surface area contributed by atoms with Crippen molar-refractivity contribution in [1.29, 1.82) is 0 Å². The van der Waals surface area contributed by atoms with E-state index < -0.39 is 6.89 Å². The molecule has 0 saturated heterocycles. The van der Waals surface area contributed by atoms with E-state index in [1.807, 2.05) is 0 Å². The normalized spacial score (nSPS) is 20.3. The van der Waals surface area contributed by atoms with Crippen LogP contribution >= 0.6 is 36.5 Å². The van der Waals surface area contributed by atoms with Crippen LogP contribution in [0.4, 0.5) is 0 Å². The van der Waals surface area contributed by atoms with E-state index >= 15 is 0 Å². The van der Waals surface area contributed by atoms with Gasteiger partial charge >= 0.3 is 0 Å². The molecule has 0 aromatic rings. The van der Waals surface area contributed by atoms with Gasteiger partial charge in [0.25, 0.3) is 0 Å². The van der Waals surface area contributed by atoms with Crippen LogP contribution in [0, 0.1) is 0 Å². The lowest BCUT2D eigenvalue weighted by molar-refractivity contribution is 0.608. The highest BCUT2D eigenvalue weighted by Gasteiger charge is 2.15. The summed E-state index contributed by atoms with van der Waals surface area (Å²) in [5.74, 6) is 0. The SMILES string of the molecule is CCCCCCCCC1=CS(Br)(Br)C=C1. The molecule has 0 aliphatic carbocycles. The zero-order valence-electron chi connectivity index (χ0n) is 9.35. The average Bonchev–Trinajstić information content (AvgIpc) is 2.52. The Kier molecular flexibility index (Phi) is 6.63. The summed E-state index contributed by atoms with van der Waals surface area (Å²) in [6, 6.07) is 0. The summed E-state index contributed by atoms with van der Waals surface area (Å²) in [6.07, 6.45) is 11.8. The predicted octanol–water partition coefficient (Wildman–Crippen LogP) is 6.57. The van der Waals surface area contributed by atoms with E-state index in [9.17, 15) is 0 Å². The van der Waals surface area contributed by atoms with Crippen LogP contribution in [0.15, 0.2) is 22.5 Å². The topological polar surface area (TPSA) is 0 Å². The fraction of sp³-hybridized carbons (Fsp3) is 0.667. The summed E-state index contributed by atoms with van der Waals surface area (Å²) in [6.45, 7) is 1.40. The first-order valence-corrected chi connectivity index (χ1v) is 11.2. The number of unbranched alkanes of at least 4 members (excludes halogenated alkanes) is 5. The lowest BCUT2D eigenvalue weighted by atomic mass is 10.1. The van der Waals surface area contributed by atoms with Crippen molar-refractivity contribution in [3.05, 3.63) is 22.5 Å². The van der Waals surface area contributed by atoms with Crippen molar-refractivity contribution < 1.29 is 0 Å². The lowest BCUT2D eigenvalue weighted by Crippen LogP contribution is -1.80. The first-order valence-electron chi connectivity index (χ1n) is 5.75. The average molecular weight is 356 g/mol. The Morgan fingerprint density at radius 3 is 2.33 bits per heavy atom. The van der Waals surface area contributed by atoms with E-state index in [-0.39, 0.29) is 0 Å². The first kappa shape index (κ1) is 13.9. The zero-order chi connectivity index (χ0) is 11.1. The van der Waals surface area contributed by atoms with Gasteiger partial charge < -0.3 is 0 Å². The maximum atomic E-state index is 3.66. The van der Waals surface area contributed by atoms with Gasteiger partial charge in [-0.3, -0.25) is 0 Å². The highest BCUT2D eigenvalue weighted by molar-refractivity contribution is 9.92. The molecule has 0 saturated carbocycles. The summed E-state index contributed by atoms with van der Waals surface area (Å²) in [5.41, 5.74) is 1.49. The van der Waals surface area contributed by atoms with E-state index in [4.69, 9.17) is 0 Å². The molecule has 0 amide bonds. The second kappa shape index (κ2) is 7.18. The first-order chi connectivity index (χ1) is 7.14. The molecular weight excluding hydrogens is 336 g/mol. The van der Waals surface area contributed by atoms with E-state index in [0.29, 0.717) is 0 Å². The van der Waals surface area contributed by atoms with Crippen LogP contribution in [0.3, 0.4) is 0 Å². The van der Waals surface area contributed by atoms with E-state index in [1.165, 1.54) is 50.5 Å². The Bertz CT molecular complexity index is 244. The van der Waals surface area contributed by atoms with E-state index in [1.54, 1.807) is 0 Å². The third-order valence-electron chi connectivity index (χ3n) is 2.59. The van der Waals surface area contributed by atoms with Gasteiger partial charge in [-0.15, -0.1) is 0 Å². The quantitative estimate of drug-likeness (QED) is 0.453. The highest BCUT2D eigenvalue weighted by atomic mass is 79.9. The molecule has 0 aromatic heterocycles. The largest absolute Gasteiger partial charge is 0.0830 e. The minimum Gasteiger partial charge on any atom is -0.0830 e. The van der Waals surface area contributed by atoms with Crippen LogP contribution in [0.1, 0.15) is 51.9 Å². The van der Waals surface area contributed by atoms with Crippen molar-refractivity contribution in [2.75, 3.05) is 0 Å². The summed E-state index contributed by atoms with van der Waals surface area (Å²) in [7, 11) is 0. The maximum absolute atomic E-state index is 3.66. The molecule has 0 fully saturated rings. The van der Waals surface area contributed by atoms with Crippen molar-refractivity contribution in [2.24, 2.45) is 0 Å². The standard InChI is InChI=1S/C12H20Br2S/c1-2-3-4-5-6-7-8-12-9-10-15(13,14)11-12/h9-11H,2-8H2,1H3. The van der Waals surface area contributed by atoms with Crippen molar-refractivity contribution in [3.8, 4) is 0 Å². The van der Waals surface area contributed by atoms with Crippen molar-refractivity contribution in [3.63, 3.8) is 0 Å². The summed E-state index contributed by atoms with van der Waals surface area (Å²) >= 11 is 7.33. The third-order valence-corrected chi connectivity index (χ3v) is 6.12. The number of hydrogen-bond donors (Lipinski definition) is 0. The monoisotopic (exact) mass is 354 g/mol. The highest BCUT2D eigenvalue weighted by Crippen LogP contribution is 2.68. The van der Waals surface area contributed by atoms with Crippen LogP contribution in [0.25, 0.3) is 0 Å². The fourth-order valence-electron chi connectivity index (χ4n) is 1.71. The third kappa shape index (κ3) is 6.18. The Morgan fingerprint density at radius 1 is 1.07 bits per heavy atom. The second-order valence-electron chi connectivity index (χ2n) is 4.06. The molecule has 0 bridgehead atoms.